The van der Waals surface area contributed by atoms with E-state index in [0.717, 1.165) is 50.1 Å². The number of carboxylic acid groups (broad SMARTS) is 1. The summed E-state index contributed by atoms with van der Waals surface area (Å²) < 4.78 is 0. The van der Waals surface area contributed by atoms with Crippen LogP contribution in [0.1, 0.15) is 12.5 Å². The Kier molecular flexibility index (Phi) is 5.04. The molecule has 1 N–H and O–H groups in total. The van der Waals surface area contributed by atoms with Gasteiger partial charge in [0.2, 0.25) is 0 Å². The molecule has 1 heterocycles. The Labute approximate surface area is 124 Å². The third kappa shape index (κ3) is 3.74. The number of nitrogens with zero attached hydrogens (tertiary/aromatic N) is 2. The zero-order chi connectivity index (χ0) is 14.5. The van der Waals surface area contributed by atoms with Gasteiger partial charge < -0.3 is 14.9 Å². The highest BCUT2D eigenvalue weighted by Gasteiger charge is 2.16. The minimum Gasteiger partial charge on any atom is -0.478 e. The van der Waals surface area contributed by atoms with Gasteiger partial charge in [-0.25, -0.2) is 4.79 Å². The van der Waals surface area contributed by atoms with Gasteiger partial charge in [0.15, 0.2) is 0 Å². The van der Waals surface area contributed by atoms with Crippen molar-refractivity contribution in [2.45, 2.75) is 6.92 Å². The van der Waals surface area contributed by atoms with E-state index in [1.165, 1.54) is 6.08 Å². The van der Waals surface area contributed by atoms with Crippen LogP contribution in [-0.2, 0) is 4.79 Å². The third-order valence-corrected chi connectivity index (χ3v) is 3.90. The van der Waals surface area contributed by atoms with Gasteiger partial charge in [0, 0.05) is 43.0 Å². The van der Waals surface area contributed by atoms with Crippen molar-refractivity contribution in [1.29, 1.82) is 0 Å². The summed E-state index contributed by atoms with van der Waals surface area (Å²) in [6.45, 7) is 7.39. The zero-order valence-corrected chi connectivity index (χ0v) is 12.3. The number of anilines is 1. The minimum absolute atomic E-state index is 0.581. The molecule has 0 aliphatic carbocycles. The smallest absolute Gasteiger partial charge is 0.328 e. The standard InChI is InChI=1S/C15H19ClN2O2/c1-2-17-7-9-18(10-8-17)13-5-3-12(14(16)11-13)4-6-15(19)20/h3-6,11H,2,7-10H2,1H3,(H,19,20)/b6-4+. The van der Waals surface area contributed by atoms with Gasteiger partial charge in [-0.3, -0.25) is 0 Å². The quantitative estimate of drug-likeness (QED) is 0.867. The maximum Gasteiger partial charge on any atom is 0.328 e. The lowest BCUT2D eigenvalue weighted by atomic mass is 10.1. The number of halogens is 1. The molecule has 0 spiro atoms. The molecule has 0 bridgehead atoms. The van der Waals surface area contributed by atoms with Gasteiger partial charge in [-0.05, 0) is 30.3 Å². The minimum atomic E-state index is -0.971. The number of carbonyl (C=O) groups is 1. The molecular formula is C15H19ClN2O2. The van der Waals surface area contributed by atoms with E-state index in [1.54, 1.807) is 0 Å². The Morgan fingerprint density at radius 3 is 2.60 bits per heavy atom. The molecule has 0 aromatic heterocycles. The van der Waals surface area contributed by atoms with Crippen molar-refractivity contribution in [3.05, 3.63) is 34.9 Å². The molecular weight excluding hydrogens is 276 g/mol. The van der Waals surface area contributed by atoms with Crippen LogP contribution < -0.4 is 4.90 Å². The molecule has 0 saturated carbocycles. The van der Waals surface area contributed by atoms with E-state index in [1.807, 2.05) is 18.2 Å². The molecule has 0 atom stereocenters. The van der Waals surface area contributed by atoms with Crippen LogP contribution in [0.2, 0.25) is 5.02 Å². The highest BCUT2D eigenvalue weighted by atomic mass is 35.5. The largest absolute Gasteiger partial charge is 0.478 e. The molecule has 1 aliphatic heterocycles. The van der Waals surface area contributed by atoms with Crippen LogP contribution in [-0.4, -0.2) is 48.7 Å². The Morgan fingerprint density at radius 1 is 1.35 bits per heavy atom. The van der Waals surface area contributed by atoms with Crippen molar-refractivity contribution in [3.8, 4) is 0 Å². The first-order valence-corrected chi connectivity index (χ1v) is 7.16. The third-order valence-electron chi connectivity index (χ3n) is 3.57. The Hall–Kier alpha value is -1.52. The van der Waals surface area contributed by atoms with Crippen molar-refractivity contribution < 1.29 is 9.90 Å². The van der Waals surface area contributed by atoms with E-state index in [9.17, 15) is 4.79 Å². The summed E-state index contributed by atoms with van der Waals surface area (Å²) in [5, 5.41) is 9.21. The molecule has 0 amide bonds. The van der Waals surface area contributed by atoms with Crippen molar-refractivity contribution in [1.82, 2.24) is 4.90 Å². The Morgan fingerprint density at radius 2 is 2.05 bits per heavy atom. The number of rotatable bonds is 4. The number of carboxylic acids is 1. The van der Waals surface area contributed by atoms with Crippen molar-refractivity contribution in [3.63, 3.8) is 0 Å². The van der Waals surface area contributed by atoms with E-state index in [2.05, 4.69) is 16.7 Å². The number of likely N-dealkylation sites (N-methyl/N-ethyl adjacent to an activating group) is 1. The van der Waals surface area contributed by atoms with Crippen LogP contribution in [0.4, 0.5) is 5.69 Å². The predicted molar refractivity (Wildman–Crippen MR) is 82.4 cm³/mol. The van der Waals surface area contributed by atoms with Crippen LogP contribution in [0, 0.1) is 0 Å². The summed E-state index contributed by atoms with van der Waals surface area (Å²) >= 11 is 6.21. The lowest BCUT2D eigenvalue weighted by Gasteiger charge is -2.35. The molecule has 20 heavy (non-hydrogen) atoms. The van der Waals surface area contributed by atoms with Gasteiger partial charge in [-0.15, -0.1) is 0 Å². The van der Waals surface area contributed by atoms with E-state index in [0.29, 0.717) is 5.02 Å². The summed E-state index contributed by atoms with van der Waals surface area (Å²) in [6.07, 6.45) is 2.62. The van der Waals surface area contributed by atoms with Crippen LogP contribution in [0.15, 0.2) is 24.3 Å². The Balaban J connectivity index is 2.07. The first-order valence-electron chi connectivity index (χ1n) is 6.78. The summed E-state index contributed by atoms with van der Waals surface area (Å²) in [5.74, 6) is -0.971. The van der Waals surface area contributed by atoms with Gasteiger partial charge in [0.25, 0.3) is 0 Å². The van der Waals surface area contributed by atoms with Crippen LogP contribution in [0.25, 0.3) is 6.08 Å². The number of benzene rings is 1. The molecule has 4 nitrogen and oxygen atoms in total. The van der Waals surface area contributed by atoms with Crippen molar-refractivity contribution in [2.75, 3.05) is 37.6 Å². The molecule has 1 aromatic rings. The molecule has 108 valence electrons. The maximum absolute atomic E-state index is 10.5. The fraction of sp³-hybridized carbons (Fsp3) is 0.400. The fourth-order valence-electron chi connectivity index (χ4n) is 2.33. The molecule has 1 saturated heterocycles. The highest BCUT2D eigenvalue weighted by Crippen LogP contribution is 2.25. The van der Waals surface area contributed by atoms with Gasteiger partial charge in [0.05, 0.1) is 0 Å². The van der Waals surface area contributed by atoms with Gasteiger partial charge >= 0.3 is 5.97 Å². The normalized spacial score (nSPS) is 16.8. The highest BCUT2D eigenvalue weighted by molar-refractivity contribution is 6.32. The first-order chi connectivity index (χ1) is 9.60. The van der Waals surface area contributed by atoms with Crippen LogP contribution >= 0.6 is 11.6 Å². The lowest BCUT2D eigenvalue weighted by Crippen LogP contribution is -2.46. The molecule has 1 aliphatic rings. The second-order valence-electron chi connectivity index (χ2n) is 4.80. The molecule has 1 fully saturated rings. The van der Waals surface area contributed by atoms with Gasteiger partial charge in [-0.1, -0.05) is 24.6 Å². The summed E-state index contributed by atoms with van der Waals surface area (Å²) in [6, 6.07) is 5.77. The molecule has 2 rings (SSSR count). The monoisotopic (exact) mass is 294 g/mol. The summed E-state index contributed by atoms with van der Waals surface area (Å²) in [4.78, 5) is 15.2. The first kappa shape index (κ1) is 14.9. The summed E-state index contributed by atoms with van der Waals surface area (Å²) in [5.41, 5.74) is 1.82. The van der Waals surface area contributed by atoms with E-state index >= 15 is 0 Å². The molecule has 1 aromatic carbocycles. The maximum atomic E-state index is 10.5. The number of hydrogen-bond donors (Lipinski definition) is 1. The fourth-order valence-corrected chi connectivity index (χ4v) is 2.57. The Bertz CT molecular complexity index is 509. The van der Waals surface area contributed by atoms with Crippen LogP contribution in [0.3, 0.4) is 0 Å². The second kappa shape index (κ2) is 6.77. The lowest BCUT2D eigenvalue weighted by molar-refractivity contribution is -0.131. The second-order valence-corrected chi connectivity index (χ2v) is 5.21. The van der Waals surface area contributed by atoms with Gasteiger partial charge in [-0.2, -0.15) is 0 Å². The van der Waals surface area contributed by atoms with Crippen molar-refractivity contribution >= 4 is 29.3 Å². The SMILES string of the molecule is CCN1CCN(c2ccc(/C=C/C(=O)O)c(Cl)c2)CC1. The van der Waals surface area contributed by atoms with Crippen molar-refractivity contribution in [2.24, 2.45) is 0 Å². The average molecular weight is 295 g/mol. The van der Waals surface area contributed by atoms with Gasteiger partial charge in [0.1, 0.15) is 0 Å². The zero-order valence-electron chi connectivity index (χ0n) is 11.6. The number of hydrogen-bond acceptors (Lipinski definition) is 3. The molecule has 0 unspecified atom stereocenters. The van der Waals surface area contributed by atoms with E-state index in [-0.39, 0.29) is 0 Å². The number of piperazine rings is 1. The number of aliphatic carboxylic acids is 1. The van der Waals surface area contributed by atoms with Crippen LogP contribution in [0.5, 0.6) is 0 Å². The van der Waals surface area contributed by atoms with E-state index < -0.39 is 5.97 Å². The van der Waals surface area contributed by atoms with E-state index in [4.69, 9.17) is 16.7 Å². The topological polar surface area (TPSA) is 43.8 Å². The molecule has 5 heteroatoms. The summed E-state index contributed by atoms with van der Waals surface area (Å²) in [7, 11) is 0. The molecule has 0 radical (unpaired) electrons. The predicted octanol–water partition coefficient (Wildman–Crippen LogP) is 2.58. The average Bonchev–Trinajstić information content (AvgIpc) is 2.46.